The number of rotatable bonds is 9. The van der Waals surface area contributed by atoms with E-state index < -0.39 is 7.60 Å². The Kier molecular flexibility index (Phi) is 15.0. The van der Waals surface area contributed by atoms with Gasteiger partial charge in [-0.15, -0.1) is 0 Å². The van der Waals surface area contributed by atoms with Crippen LogP contribution in [0.15, 0.2) is 0 Å². The molecule has 15 heavy (non-hydrogen) atoms. The molecule has 90 valence electrons. The van der Waals surface area contributed by atoms with Crippen molar-refractivity contribution in [3.05, 3.63) is 0 Å². The van der Waals surface area contributed by atoms with Crippen LogP contribution in [-0.4, -0.2) is 17.7 Å². The van der Waals surface area contributed by atoms with Crippen LogP contribution in [0.3, 0.4) is 0 Å². The van der Waals surface area contributed by atoms with Gasteiger partial charge in [-0.2, -0.15) is 0 Å². The third-order valence-electron chi connectivity index (χ3n) is 2.09. The van der Waals surface area contributed by atoms with Crippen LogP contribution in [-0.2, 0) is 9.09 Å². The van der Waals surface area contributed by atoms with E-state index in [0.29, 0.717) is 12.8 Å². The molecule has 0 heterocycles. The van der Waals surface area contributed by atoms with Crippen LogP contribution in [0.25, 0.3) is 0 Å². The summed E-state index contributed by atoms with van der Waals surface area (Å²) in [5.41, 5.74) is 0. The Morgan fingerprint density at radius 3 is 2.13 bits per heavy atom. The van der Waals surface area contributed by atoms with E-state index in [9.17, 15) is 9.46 Å². The van der Waals surface area contributed by atoms with E-state index in [1.165, 1.54) is 0 Å². The molecule has 0 aliphatic carbocycles. The molecule has 0 aromatic heterocycles. The molecular weight excluding hydrogens is 343 g/mol. The van der Waals surface area contributed by atoms with E-state index in [2.05, 4.69) is 13.8 Å². The molecule has 0 saturated heterocycles. The van der Waals surface area contributed by atoms with E-state index in [1.807, 2.05) is 0 Å². The van der Waals surface area contributed by atoms with Gasteiger partial charge < -0.3 is 9.42 Å². The molecule has 0 amide bonds. The first-order valence-electron chi connectivity index (χ1n) is 5.58. The largest absolute Gasteiger partial charge is 0.328 e. The van der Waals surface area contributed by atoms with Crippen molar-refractivity contribution < 1.29 is 54.8 Å². The second kappa shape index (κ2) is 12.0. The van der Waals surface area contributed by atoms with Crippen LogP contribution in [0.5, 0.6) is 0 Å². The van der Waals surface area contributed by atoms with Crippen molar-refractivity contribution in [2.45, 2.75) is 52.4 Å². The third kappa shape index (κ3) is 13.4. The molecule has 0 aromatic rings. The summed E-state index contributed by atoms with van der Waals surface area (Å²) in [5, 5.41) is 0. The first-order chi connectivity index (χ1) is 6.62. The Bertz CT molecular complexity index is 176. The molecule has 0 aliphatic rings. The molecule has 0 saturated carbocycles. The van der Waals surface area contributed by atoms with E-state index in [-0.39, 0.29) is 40.8 Å². The fourth-order valence-corrected chi connectivity index (χ4v) is 2.35. The first-order valence-corrected chi connectivity index (χ1v) is 7.35. The predicted molar refractivity (Wildman–Crippen MR) is 59.7 cm³/mol. The Morgan fingerprint density at radius 1 is 1.07 bits per heavy atom. The molecule has 1 atom stereocenters. The molecule has 0 rings (SSSR count). The van der Waals surface area contributed by atoms with Crippen LogP contribution in [0.1, 0.15) is 52.4 Å². The fourth-order valence-electron chi connectivity index (χ4n) is 1.19. The maximum Gasteiger partial charge on any atom is 0.328 e. The van der Waals surface area contributed by atoms with Gasteiger partial charge in [0.25, 0.3) is 0 Å². The van der Waals surface area contributed by atoms with Gasteiger partial charge in [-0.25, -0.2) is 0 Å². The summed E-state index contributed by atoms with van der Waals surface area (Å²) in [5.74, 6) is 0. The van der Waals surface area contributed by atoms with Crippen molar-refractivity contribution in [3.63, 3.8) is 0 Å². The van der Waals surface area contributed by atoms with Crippen LogP contribution in [0.2, 0.25) is 0 Å². The van der Waals surface area contributed by atoms with Gasteiger partial charge in [-0.1, -0.05) is 39.5 Å². The summed E-state index contributed by atoms with van der Waals surface area (Å²) < 4.78 is 16.4. The van der Waals surface area contributed by atoms with Gasteiger partial charge in [-0.3, -0.25) is 4.57 Å². The van der Waals surface area contributed by atoms with Gasteiger partial charge in [0.2, 0.25) is 0 Å². The SMILES string of the molecule is CCCCCOP(=O)(O)CCCCC.[Nd]. The van der Waals surface area contributed by atoms with Gasteiger partial charge in [0, 0.05) is 47.0 Å². The van der Waals surface area contributed by atoms with Gasteiger partial charge in [0.1, 0.15) is 0 Å². The molecular formula is C10H23NdO3P. The maximum atomic E-state index is 11.4. The summed E-state index contributed by atoms with van der Waals surface area (Å²) in [6.07, 6.45) is 6.22. The Morgan fingerprint density at radius 2 is 1.60 bits per heavy atom. The van der Waals surface area contributed by atoms with Crippen LogP contribution in [0.4, 0.5) is 0 Å². The monoisotopic (exact) mass is 364 g/mol. The van der Waals surface area contributed by atoms with Crippen LogP contribution >= 0.6 is 7.60 Å². The van der Waals surface area contributed by atoms with E-state index in [0.717, 1.165) is 38.5 Å². The Labute approximate surface area is 126 Å². The normalized spacial score (nSPS) is 14.3. The maximum absolute atomic E-state index is 11.4. The first kappa shape index (κ1) is 18.9. The molecule has 1 N–H and O–H groups in total. The minimum atomic E-state index is -3.26. The standard InChI is InChI=1S/C10H23O3P.Nd/c1-3-5-7-9-13-14(11,12)10-8-6-4-2;/h3-10H2,1-2H3,(H,11,12);. The number of unbranched alkanes of at least 4 members (excludes halogenated alkanes) is 4. The van der Waals surface area contributed by atoms with Crippen LogP contribution < -0.4 is 0 Å². The van der Waals surface area contributed by atoms with Crippen molar-refractivity contribution in [1.29, 1.82) is 0 Å². The average Bonchev–Trinajstić information content (AvgIpc) is 2.13. The second-order valence-corrected chi connectivity index (χ2v) is 5.59. The summed E-state index contributed by atoms with van der Waals surface area (Å²) >= 11 is 0. The van der Waals surface area contributed by atoms with Crippen molar-refractivity contribution in [2.75, 3.05) is 12.8 Å². The predicted octanol–water partition coefficient (Wildman–Crippen LogP) is 3.57. The van der Waals surface area contributed by atoms with Crippen LogP contribution in [0, 0.1) is 40.8 Å². The van der Waals surface area contributed by atoms with Crippen molar-refractivity contribution in [3.8, 4) is 0 Å². The van der Waals surface area contributed by atoms with Gasteiger partial charge >= 0.3 is 7.60 Å². The zero-order valence-electron chi connectivity index (χ0n) is 9.87. The summed E-state index contributed by atoms with van der Waals surface area (Å²) in [7, 11) is -3.26. The minimum Gasteiger partial charge on any atom is -0.324 e. The molecule has 0 radical (unpaired) electrons. The molecule has 5 heteroatoms. The zero-order valence-corrected chi connectivity index (χ0v) is 14.0. The summed E-state index contributed by atoms with van der Waals surface area (Å²) in [4.78, 5) is 9.37. The quantitative estimate of drug-likeness (QED) is 0.501. The smallest absolute Gasteiger partial charge is 0.324 e. The summed E-state index contributed by atoms with van der Waals surface area (Å²) in [6.45, 7) is 4.60. The Hall–Kier alpha value is 1.50. The molecule has 0 spiro atoms. The fraction of sp³-hybridized carbons (Fsp3) is 1.00. The Balaban J connectivity index is 0. The van der Waals surface area contributed by atoms with Crippen molar-refractivity contribution >= 4 is 7.60 Å². The van der Waals surface area contributed by atoms with E-state index in [1.54, 1.807) is 0 Å². The molecule has 3 nitrogen and oxygen atoms in total. The van der Waals surface area contributed by atoms with Gasteiger partial charge in [0.05, 0.1) is 6.61 Å². The average molecular weight is 367 g/mol. The topological polar surface area (TPSA) is 46.5 Å². The molecule has 0 fully saturated rings. The molecule has 0 bridgehead atoms. The van der Waals surface area contributed by atoms with Crippen molar-refractivity contribution in [2.24, 2.45) is 0 Å². The van der Waals surface area contributed by atoms with Gasteiger partial charge in [0.15, 0.2) is 0 Å². The molecule has 0 aliphatic heterocycles. The summed E-state index contributed by atoms with van der Waals surface area (Å²) in [6, 6.07) is 0. The number of hydrogen-bond donors (Lipinski definition) is 1. The molecule has 1 unspecified atom stereocenters. The zero-order chi connectivity index (χ0) is 10.9. The van der Waals surface area contributed by atoms with Gasteiger partial charge in [-0.05, 0) is 12.8 Å². The minimum absolute atomic E-state index is 0. The van der Waals surface area contributed by atoms with Crippen molar-refractivity contribution in [1.82, 2.24) is 0 Å². The number of hydrogen-bond acceptors (Lipinski definition) is 2. The third-order valence-corrected chi connectivity index (χ3v) is 3.55. The molecule has 0 aromatic carbocycles. The second-order valence-electron chi connectivity index (χ2n) is 3.61. The van der Waals surface area contributed by atoms with E-state index >= 15 is 0 Å². The van der Waals surface area contributed by atoms with E-state index in [4.69, 9.17) is 4.52 Å².